The van der Waals surface area contributed by atoms with Crippen LogP contribution in [0.5, 0.6) is 5.75 Å². The van der Waals surface area contributed by atoms with Crippen LogP contribution in [0.1, 0.15) is 10.8 Å². The van der Waals surface area contributed by atoms with Gasteiger partial charge in [-0.05, 0) is 29.1 Å². The van der Waals surface area contributed by atoms with Crippen molar-refractivity contribution in [1.82, 2.24) is 0 Å². The Bertz CT molecular complexity index is 943. The van der Waals surface area contributed by atoms with E-state index in [4.69, 9.17) is 15.2 Å². The number of carbonyl (C=O) groups is 1. The molecule has 0 bridgehead atoms. The Kier molecular flexibility index (Phi) is 5.88. The normalized spacial score (nSPS) is 13.1. The number of ether oxygens (including phenoxy) is 2. The second kappa shape index (κ2) is 8.33. The number of hydrogen-bond donors (Lipinski definition) is 2. The van der Waals surface area contributed by atoms with E-state index in [1.165, 1.54) is 18.9 Å². The average Bonchev–Trinajstić information content (AvgIpc) is 2.72. The van der Waals surface area contributed by atoms with Gasteiger partial charge in [0, 0.05) is 10.3 Å². The highest BCUT2D eigenvalue weighted by Crippen LogP contribution is 2.43. The first-order valence-electron chi connectivity index (χ1n) is 8.39. The summed E-state index contributed by atoms with van der Waals surface area (Å²) in [5.74, 6) is 0.00274. The predicted octanol–water partition coefficient (Wildman–Crippen LogP) is 3.80. The smallest absolute Gasteiger partial charge is 0.336 e. The number of esters is 1. The van der Waals surface area contributed by atoms with Crippen molar-refractivity contribution in [2.24, 2.45) is 0 Å². The summed E-state index contributed by atoms with van der Waals surface area (Å²) < 4.78 is 9.92. The quantitative estimate of drug-likeness (QED) is 0.383. The largest absolute Gasteiger partial charge is 0.497 e. The van der Waals surface area contributed by atoms with Gasteiger partial charge < -0.3 is 20.3 Å². The molecule has 6 heteroatoms. The third kappa shape index (κ3) is 4.02. The van der Waals surface area contributed by atoms with Crippen molar-refractivity contribution >= 4 is 34.2 Å². The first-order chi connectivity index (χ1) is 13.0. The standard InChI is InChI=1S/C21H21NO4S/c1-25-15-10-7-14(8-11-15)20(19(23)21(24)26-2)27-17-12-9-13-5-3-4-6-16(13)18(17)22/h3-12,19-20,23H,22H2,1-2H3/t19-,20-/m1/s1. The molecule has 0 aliphatic rings. The van der Waals surface area contributed by atoms with E-state index < -0.39 is 17.3 Å². The van der Waals surface area contributed by atoms with Gasteiger partial charge in [0.1, 0.15) is 5.75 Å². The number of aliphatic hydroxyl groups is 1. The van der Waals surface area contributed by atoms with Crippen molar-refractivity contribution in [3.05, 3.63) is 66.2 Å². The summed E-state index contributed by atoms with van der Waals surface area (Å²) in [6.07, 6.45) is -1.33. The molecule has 0 unspecified atom stereocenters. The first kappa shape index (κ1) is 19.1. The summed E-state index contributed by atoms with van der Waals surface area (Å²) in [6.45, 7) is 0. The van der Waals surface area contributed by atoms with Crippen molar-refractivity contribution in [2.75, 3.05) is 20.0 Å². The molecule has 3 N–H and O–H groups in total. The third-order valence-electron chi connectivity index (χ3n) is 4.36. The van der Waals surface area contributed by atoms with Crippen LogP contribution in [0, 0.1) is 0 Å². The molecule has 140 valence electrons. The third-order valence-corrected chi connectivity index (χ3v) is 5.75. The first-order valence-corrected chi connectivity index (χ1v) is 9.27. The minimum Gasteiger partial charge on any atom is -0.497 e. The fourth-order valence-electron chi connectivity index (χ4n) is 2.87. The van der Waals surface area contributed by atoms with Crippen molar-refractivity contribution in [1.29, 1.82) is 0 Å². The molecule has 0 heterocycles. The molecule has 0 amide bonds. The molecule has 2 atom stereocenters. The number of hydrogen-bond acceptors (Lipinski definition) is 6. The summed E-state index contributed by atoms with van der Waals surface area (Å²) in [4.78, 5) is 12.8. The van der Waals surface area contributed by atoms with E-state index in [-0.39, 0.29) is 0 Å². The lowest BCUT2D eigenvalue weighted by Crippen LogP contribution is -2.27. The van der Waals surface area contributed by atoms with Gasteiger partial charge in [-0.1, -0.05) is 42.5 Å². The maximum absolute atomic E-state index is 12.0. The van der Waals surface area contributed by atoms with Gasteiger partial charge in [-0.25, -0.2) is 4.79 Å². The molecule has 0 saturated heterocycles. The number of carbonyl (C=O) groups excluding carboxylic acids is 1. The highest BCUT2D eigenvalue weighted by molar-refractivity contribution is 7.99. The lowest BCUT2D eigenvalue weighted by Gasteiger charge is -2.22. The van der Waals surface area contributed by atoms with Crippen LogP contribution in [0.2, 0.25) is 0 Å². The second-order valence-corrected chi connectivity index (χ2v) is 7.16. The van der Waals surface area contributed by atoms with Gasteiger partial charge in [0.05, 0.1) is 25.2 Å². The molecule has 0 aromatic heterocycles. The molecule has 5 nitrogen and oxygen atoms in total. The Balaban J connectivity index is 2.00. The fraction of sp³-hybridized carbons (Fsp3) is 0.190. The Labute approximate surface area is 162 Å². The number of aliphatic hydroxyl groups excluding tert-OH is 1. The highest BCUT2D eigenvalue weighted by Gasteiger charge is 2.30. The lowest BCUT2D eigenvalue weighted by molar-refractivity contribution is -0.150. The predicted molar refractivity (Wildman–Crippen MR) is 108 cm³/mol. The van der Waals surface area contributed by atoms with Crippen LogP contribution in [0.4, 0.5) is 5.69 Å². The zero-order valence-electron chi connectivity index (χ0n) is 15.1. The number of nitrogen functional groups attached to an aromatic ring is 1. The van der Waals surface area contributed by atoms with Gasteiger partial charge in [-0.2, -0.15) is 0 Å². The number of anilines is 1. The minimum atomic E-state index is -1.33. The molecule has 0 aliphatic carbocycles. The topological polar surface area (TPSA) is 81.8 Å². The van der Waals surface area contributed by atoms with Gasteiger partial charge in [0.2, 0.25) is 0 Å². The van der Waals surface area contributed by atoms with Crippen molar-refractivity contribution in [3.8, 4) is 5.75 Å². The van der Waals surface area contributed by atoms with Gasteiger partial charge in [-0.3, -0.25) is 0 Å². The number of benzene rings is 3. The molecule has 3 rings (SSSR count). The van der Waals surface area contributed by atoms with E-state index >= 15 is 0 Å². The van der Waals surface area contributed by atoms with Crippen LogP contribution in [0.25, 0.3) is 10.8 Å². The molecule has 0 saturated carbocycles. The number of rotatable bonds is 6. The van der Waals surface area contributed by atoms with Crippen molar-refractivity contribution in [3.63, 3.8) is 0 Å². The highest BCUT2D eigenvalue weighted by atomic mass is 32.2. The molecule has 0 spiro atoms. The number of thioether (sulfide) groups is 1. The van der Waals surface area contributed by atoms with Crippen LogP contribution in [-0.4, -0.2) is 31.4 Å². The van der Waals surface area contributed by atoms with Gasteiger partial charge in [-0.15, -0.1) is 11.8 Å². The Hall–Kier alpha value is -2.70. The summed E-state index contributed by atoms with van der Waals surface area (Å²) in [6, 6.07) is 18.9. The van der Waals surface area contributed by atoms with E-state index in [2.05, 4.69) is 0 Å². The molecule has 0 radical (unpaired) electrons. The molecule has 27 heavy (non-hydrogen) atoms. The monoisotopic (exact) mass is 383 g/mol. The SMILES string of the molecule is COC(=O)[C@H](O)[C@H](Sc1ccc2ccccc2c1N)c1ccc(OC)cc1. The summed E-state index contributed by atoms with van der Waals surface area (Å²) in [7, 11) is 2.84. The van der Waals surface area contributed by atoms with Crippen LogP contribution < -0.4 is 10.5 Å². The molecule has 3 aromatic carbocycles. The van der Waals surface area contributed by atoms with E-state index in [0.717, 1.165) is 21.2 Å². The van der Waals surface area contributed by atoms with Crippen LogP contribution in [0.3, 0.4) is 0 Å². The second-order valence-electron chi connectivity index (χ2n) is 5.98. The van der Waals surface area contributed by atoms with Gasteiger partial charge in [0.15, 0.2) is 6.10 Å². The maximum Gasteiger partial charge on any atom is 0.336 e. The lowest BCUT2D eigenvalue weighted by atomic mass is 10.1. The zero-order valence-corrected chi connectivity index (χ0v) is 15.9. The van der Waals surface area contributed by atoms with Gasteiger partial charge in [0.25, 0.3) is 0 Å². The van der Waals surface area contributed by atoms with E-state index in [9.17, 15) is 9.90 Å². The minimum absolute atomic E-state index is 0.577. The Morgan fingerprint density at radius 3 is 2.41 bits per heavy atom. The van der Waals surface area contributed by atoms with E-state index in [1.54, 1.807) is 19.2 Å². The van der Waals surface area contributed by atoms with E-state index in [1.807, 2.05) is 48.5 Å². The number of nitrogens with two attached hydrogens (primary N) is 1. The van der Waals surface area contributed by atoms with E-state index in [0.29, 0.717) is 11.4 Å². The molecule has 0 fully saturated rings. The van der Waals surface area contributed by atoms with Crippen molar-refractivity contribution < 1.29 is 19.4 Å². The summed E-state index contributed by atoms with van der Waals surface area (Å²) in [5, 5.41) is 11.9. The zero-order chi connectivity index (χ0) is 19.4. The van der Waals surface area contributed by atoms with Crippen molar-refractivity contribution in [2.45, 2.75) is 16.2 Å². The van der Waals surface area contributed by atoms with Gasteiger partial charge >= 0.3 is 5.97 Å². The van der Waals surface area contributed by atoms with Crippen LogP contribution in [0.15, 0.2) is 65.6 Å². The molecular formula is C21H21NO4S. The number of methoxy groups -OCH3 is 2. The average molecular weight is 383 g/mol. The molecule has 3 aromatic rings. The Morgan fingerprint density at radius 1 is 1.04 bits per heavy atom. The number of fused-ring (bicyclic) bond motifs is 1. The molecule has 0 aliphatic heterocycles. The fourth-order valence-corrected chi connectivity index (χ4v) is 4.06. The summed E-state index contributed by atoms with van der Waals surface area (Å²) >= 11 is 1.33. The molecular weight excluding hydrogens is 362 g/mol. The van der Waals surface area contributed by atoms with Crippen LogP contribution in [-0.2, 0) is 9.53 Å². The Morgan fingerprint density at radius 2 is 1.74 bits per heavy atom. The summed E-state index contributed by atoms with van der Waals surface area (Å²) in [5.41, 5.74) is 7.75. The van der Waals surface area contributed by atoms with Crippen LogP contribution >= 0.6 is 11.8 Å². The maximum atomic E-state index is 12.0.